The van der Waals surface area contributed by atoms with Gasteiger partial charge in [-0.1, -0.05) is 22.0 Å². The molecule has 0 radical (unpaired) electrons. The third kappa shape index (κ3) is 4.76. The highest BCUT2D eigenvalue weighted by Gasteiger charge is 2.75. The van der Waals surface area contributed by atoms with Crippen molar-refractivity contribution in [2.24, 2.45) is 35.0 Å². The minimum Gasteiger partial charge on any atom is -0.481 e. The summed E-state index contributed by atoms with van der Waals surface area (Å²) in [6.07, 6.45) is 3.42. The minimum absolute atomic E-state index is 0.0151. The molecule has 1 amide bonds. The lowest BCUT2D eigenvalue weighted by Gasteiger charge is -2.27. The normalized spacial score (nSPS) is 35.6. The molecular weight excluding hydrogens is 522 g/mol. The molecule has 2 bridgehead atoms. The summed E-state index contributed by atoms with van der Waals surface area (Å²) in [5.74, 6) is -2.38. The molecule has 5 rings (SSSR count). The predicted octanol–water partition coefficient (Wildman–Crippen LogP) is 4.02. The summed E-state index contributed by atoms with van der Waals surface area (Å²) in [4.78, 5) is 27.5. The van der Waals surface area contributed by atoms with Crippen LogP contribution in [0.5, 0.6) is 0 Å². The molecule has 2 unspecified atom stereocenters. The van der Waals surface area contributed by atoms with Crippen LogP contribution in [-0.2, 0) is 20.9 Å². The van der Waals surface area contributed by atoms with E-state index in [0.717, 1.165) is 38.8 Å². The van der Waals surface area contributed by atoms with Gasteiger partial charge in [0.2, 0.25) is 5.91 Å². The summed E-state index contributed by atoms with van der Waals surface area (Å²) in [6.45, 7) is 3.25. The van der Waals surface area contributed by atoms with Crippen molar-refractivity contribution in [3.8, 4) is 0 Å². The molecule has 2 N–H and O–H groups in total. The van der Waals surface area contributed by atoms with Crippen molar-refractivity contribution in [1.29, 1.82) is 0 Å². The molecule has 1 saturated heterocycles. The summed E-state index contributed by atoms with van der Waals surface area (Å²) in [5.41, 5.74) is 0.303. The van der Waals surface area contributed by atoms with Crippen molar-refractivity contribution in [3.05, 3.63) is 34.1 Å². The van der Waals surface area contributed by atoms with Gasteiger partial charge in [-0.3, -0.25) is 14.5 Å². The number of halogens is 3. The van der Waals surface area contributed by atoms with Crippen LogP contribution in [0.15, 0.2) is 22.7 Å². The van der Waals surface area contributed by atoms with Gasteiger partial charge < -0.3 is 15.2 Å². The molecule has 4 aliphatic rings. The van der Waals surface area contributed by atoms with Crippen molar-refractivity contribution < 1.29 is 28.2 Å². The number of rotatable bonds is 10. The summed E-state index contributed by atoms with van der Waals surface area (Å²) in [5, 5.41) is 12.9. The van der Waals surface area contributed by atoms with Crippen molar-refractivity contribution in [3.63, 3.8) is 0 Å². The van der Waals surface area contributed by atoms with Gasteiger partial charge in [0, 0.05) is 42.8 Å². The monoisotopic (exact) mass is 554 g/mol. The Balaban J connectivity index is 1.16. The van der Waals surface area contributed by atoms with Gasteiger partial charge in [0.1, 0.15) is 12.0 Å². The van der Waals surface area contributed by atoms with Crippen molar-refractivity contribution in [2.75, 3.05) is 32.8 Å². The summed E-state index contributed by atoms with van der Waals surface area (Å²) >= 11 is 3.23. The van der Waals surface area contributed by atoms with Crippen molar-refractivity contribution in [1.82, 2.24) is 10.2 Å². The molecule has 35 heavy (non-hydrogen) atoms. The van der Waals surface area contributed by atoms with Gasteiger partial charge in [0.25, 0.3) is 0 Å². The third-order valence-corrected chi connectivity index (χ3v) is 9.55. The number of likely N-dealkylation sites (tertiary alicyclic amines) is 1. The molecule has 1 heterocycles. The van der Waals surface area contributed by atoms with Crippen LogP contribution in [0.4, 0.5) is 8.78 Å². The van der Waals surface area contributed by atoms with Crippen LogP contribution in [0.2, 0.25) is 0 Å². The van der Waals surface area contributed by atoms with Gasteiger partial charge in [-0.2, -0.15) is 0 Å². The fraction of sp³-hybridized carbons (Fsp3) is 0.692. The van der Waals surface area contributed by atoms with Crippen LogP contribution < -0.4 is 5.32 Å². The molecule has 3 saturated carbocycles. The van der Waals surface area contributed by atoms with Gasteiger partial charge >= 0.3 is 5.97 Å². The highest BCUT2D eigenvalue weighted by atomic mass is 79.9. The average Bonchev–Trinajstić information content (AvgIpc) is 3.04. The van der Waals surface area contributed by atoms with E-state index in [0.29, 0.717) is 42.1 Å². The van der Waals surface area contributed by atoms with E-state index < -0.39 is 29.8 Å². The molecule has 1 aromatic rings. The molecule has 4 fully saturated rings. The molecule has 7 atom stereocenters. The van der Waals surface area contributed by atoms with E-state index in [1.165, 1.54) is 6.07 Å². The number of nitrogens with one attached hydrogen (secondary N) is 1. The van der Waals surface area contributed by atoms with Gasteiger partial charge in [-0.25, -0.2) is 8.78 Å². The maximum absolute atomic E-state index is 14.2. The van der Waals surface area contributed by atoms with E-state index >= 15 is 0 Å². The second kappa shape index (κ2) is 10.1. The predicted molar refractivity (Wildman–Crippen MR) is 129 cm³/mol. The highest BCUT2D eigenvalue weighted by molar-refractivity contribution is 9.10. The Kier molecular flexibility index (Phi) is 7.21. The van der Waals surface area contributed by atoms with Crippen LogP contribution >= 0.6 is 15.9 Å². The lowest BCUT2D eigenvalue weighted by Crippen LogP contribution is -2.41. The number of ether oxygens (including phenoxy) is 1. The zero-order valence-electron chi connectivity index (χ0n) is 19.7. The fourth-order valence-corrected chi connectivity index (χ4v) is 7.83. The largest absolute Gasteiger partial charge is 0.481 e. The minimum atomic E-state index is -0.898. The molecule has 6 nitrogen and oxygen atoms in total. The Bertz CT molecular complexity index is 981. The topological polar surface area (TPSA) is 78.9 Å². The first-order valence-corrected chi connectivity index (χ1v) is 13.5. The number of carboxylic acid groups (broad SMARTS) is 1. The van der Waals surface area contributed by atoms with E-state index in [4.69, 9.17) is 4.74 Å². The maximum atomic E-state index is 14.2. The number of hydrogen-bond acceptors (Lipinski definition) is 4. The number of aliphatic carboxylic acids is 1. The first kappa shape index (κ1) is 25.1. The molecule has 192 valence electrons. The second-order valence-electron chi connectivity index (χ2n) is 10.7. The summed E-state index contributed by atoms with van der Waals surface area (Å²) in [7, 11) is 0. The number of alkyl halides is 1. The first-order chi connectivity index (χ1) is 16.8. The van der Waals surface area contributed by atoms with Crippen molar-refractivity contribution in [2.45, 2.75) is 44.8 Å². The quantitative estimate of drug-likeness (QED) is 0.427. The number of carbonyl (C=O) groups excluding carboxylic acids is 1. The van der Waals surface area contributed by atoms with Crippen LogP contribution in [0, 0.1) is 40.8 Å². The molecular formula is C26H33BrF2N2O4. The zero-order chi connectivity index (χ0) is 24.7. The Morgan fingerprint density at radius 1 is 1.20 bits per heavy atom. The summed E-state index contributed by atoms with van der Waals surface area (Å²) < 4.78 is 33.9. The molecule has 3 aliphatic carbocycles. The molecule has 1 aliphatic heterocycles. The third-order valence-electron chi connectivity index (χ3n) is 9.06. The van der Waals surface area contributed by atoms with Crippen LogP contribution in [0.3, 0.4) is 0 Å². The standard InChI is InChI=1S/C26H33BrF2N2O4/c27-17-2-1-15(21(29)11-17)13-30-24(32)22-19-3-4-20(23(22)25(33)34)26(19)12-16(26)6-9-35-10-8-31-7-5-18(28)14-31/h1-2,11,16,18-20,22-23H,3-10,12-14H2,(H,30,32)(H,33,34)/t16?,18?,19-,20+,22+,23+,26-/m0/s1. The number of amides is 1. The van der Waals surface area contributed by atoms with Gasteiger partial charge in [-0.15, -0.1) is 0 Å². The van der Waals surface area contributed by atoms with E-state index in [9.17, 15) is 23.5 Å². The molecule has 1 aromatic carbocycles. The number of nitrogens with zero attached hydrogens (tertiary/aromatic N) is 1. The maximum Gasteiger partial charge on any atom is 0.307 e. The molecule has 0 aromatic heterocycles. The van der Waals surface area contributed by atoms with Crippen molar-refractivity contribution >= 4 is 27.8 Å². The lowest BCUT2D eigenvalue weighted by molar-refractivity contribution is -0.149. The Labute approximate surface area is 212 Å². The van der Waals surface area contributed by atoms with Crippen LogP contribution in [-0.4, -0.2) is 60.9 Å². The van der Waals surface area contributed by atoms with E-state index in [1.807, 2.05) is 0 Å². The second-order valence-corrected chi connectivity index (χ2v) is 11.7. The zero-order valence-corrected chi connectivity index (χ0v) is 21.3. The van der Waals surface area contributed by atoms with E-state index in [2.05, 4.69) is 26.1 Å². The van der Waals surface area contributed by atoms with Crippen LogP contribution in [0.25, 0.3) is 0 Å². The lowest BCUT2D eigenvalue weighted by atomic mass is 9.78. The van der Waals surface area contributed by atoms with Gasteiger partial charge in [0.05, 0.1) is 18.4 Å². The SMILES string of the molecule is O=C(O)[C@H]1[C@H](C(=O)NCc2ccc(Br)cc2F)[C@@H]2CC[C@H]1[C@]21CC1CCOCCN1CCC(F)C1. The van der Waals surface area contributed by atoms with Crippen LogP contribution in [0.1, 0.15) is 37.7 Å². The average molecular weight is 555 g/mol. The van der Waals surface area contributed by atoms with Gasteiger partial charge in [-0.05, 0) is 67.4 Å². The number of carboxylic acids is 1. The molecule has 1 spiro atoms. The number of benzene rings is 1. The van der Waals surface area contributed by atoms with Gasteiger partial charge in [0.15, 0.2) is 0 Å². The number of carbonyl (C=O) groups is 2. The van der Waals surface area contributed by atoms with E-state index in [-0.39, 0.29) is 29.7 Å². The Morgan fingerprint density at radius 3 is 2.66 bits per heavy atom. The fourth-order valence-electron chi connectivity index (χ4n) is 7.49. The highest BCUT2D eigenvalue weighted by Crippen LogP contribution is 2.78. The van der Waals surface area contributed by atoms with E-state index in [1.54, 1.807) is 12.1 Å². The Morgan fingerprint density at radius 2 is 1.97 bits per heavy atom. The first-order valence-electron chi connectivity index (χ1n) is 12.7. The summed E-state index contributed by atoms with van der Waals surface area (Å²) in [6, 6.07) is 4.69. The molecule has 9 heteroatoms. The smallest absolute Gasteiger partial charge is 0.307 e. The number of hydrogen-bond donors (Lipinski definition) is 2. The Hall–Kier alpha value is -1.58.